The molecule has 1 aliphatic rings. The van der Waals surface area contributed by atoms with E-state index in [1.807, 2.05) is 30.3 Å². The predicted octanol–water partition coefficient (Wildman–Crippen LogP) is 3.13. The first-order valence-corrected chi connectivity index (χ1v) is 11.9. The van der Waals surface area contributed by atoms with Crippen molar-refractivity contribution in [3.05, 3.63) is 62.9 Å². The van der Waals surface area contributed by atoms with Gasteiger partial charge in [0.15, 0.2) is 9.49 Å². The summed E-state index contributed by atoms with van der Waals surface area (Å²) >= 11 is 13.4. The largest absolute Gasteiger partial charge is 0.339 e. The first kappa shape index (κ1) is 20.8. The van der Waals surface area contributed by atoms with Crippen LogP contribution in [-0.4, -0.2) is 46.4 Å². The molecular formula is C18H19Cl2N5O2S2. The smallest absolute Gasteiger partial charge is 0.262 e. The van der Waals surface area contributed by atoms with E-state index in [1.165, 1.54) is 28.2 Å². The molecule has 1 saturated heterocycles. The molecule has 2 aromatic heterocycles. The molecule has 0 bridgehead atoms. The zero-order valence-electron chi connectivity index (χ0n) is 15.5. The summed E-state index contributed by atoms with van der Waals surface area (Å²) in [6.45, 7) is 1.18. The Kier molecular flexibility index (Phi) is 5.97. The number of benzene rings is 1. The SMILES string of the molecule is Cn1cnc(S(=O)(=O)N2CC(NCc3sc(Cl)nc3Cl)C(c3ccccc3)C2)c1. The molecule has 0 amide bonds. The van der Waals surface area contributed by atoms with Crippen molar-refractivity contribution >= 4 is 44.6 Å². The van der Waals surface area contributed by atoms with Crippen LogP contribution in [0, 0.1) is 0 Å². The van der Waals surface area contributed by atoms with E-state index in [-0.39, 0.29) is 17.0 Å². The summed E-state index contributed by atoms with van der Waals surface area (Å²) in [6.07, 6.45) is 3.01. The first-order chi connectivity index (χ1) is 13.8. The molecule has 7 nitrogen and oxygen atoms in total. The third-order valence-corrected chi connectivity index (χ3v) is 8.25. The summed E-state index contributed by atoms with van der Waals surface area (Å²) < 4.78 is 29.7. The highest BCUT2D eigenvalue weighted by Crippen LogP contribution is 2.32. The second kappa shape index (κ2) is 8.33. The highest BCUT2D eigenvalue weighted by molar-refractivity contribution is 7.89. The normalized spacial score (nSPS) is 20.4. The second-order valence-corrected chi connectivity index (χ2v) is 10.8. The van der Waals surface area contributed by atoms with Gasteiger partial charge in [-0.25, -0.2) is 18.4 Å². The Balaban J connectivity index is 1.58. The molecule has 11 heteroatoms. The fraction of sp³-hybridized carbons (Fsp3) is 0.333. The first-order valence-electron chi connectivity index (χ1n) is 8.91. The van der Waals surface area contributed by atoms with Crippen molar-refractivity contribution < 1.29 is 8.42 Å². The van der Waals surface area contributed by atoms with Crippen LogP contribution in [-0.2, 0) is 23.6 Å². The molecule has 0 radical (unpaired) electrons. The number of aryl methyl sites for hydroxylation is 1. The van der Waals surface area contributed by atoms with Crippen LogP contribution in [0.15, 0.2) is 47.9 Å². The molecule has 3 heterocycles. The quantitative estimate of drug-likeness (QED) is 0.597. The summed E-state index contributed by atoms with van der Waals surface area (Å²) in [7, 11) is -1.93. The van der Waals surface area contributed by atoms with Crippen molar-refractivity contribution in [3.8, 4) is 0 Å². The summed E-state index contributed by atoms with van der Waals surface area (Å²) in [5.41, 5.74) is 1.08. The molecule has 1 aliphatic heterocycles. The molecule has 2 atom stereocenters. The van der Waals surface area contributed by atoms with E-state index in [0.29, 0.717) is 29.3 Å². The Morgan fingerprint density at radius 2 is 2.00 bits per heavy atom. The number of aromatic nitrogens is 3. The van der Waals surface area contributed by atoms with Crippen molar-refractivity contribution in [1.29, 1.82) is 0 Å². The third-order valence-electron chi connectivity index (χ3n) is 4.95. The molecule has 1 aromatic carbocycles. The molecule has 1 fully saturated rings. The number of nitrogens with zero attached hydrogens (tertiary/aromatic N) is 4. The molecule has 4 rings (SSSR count). The Labute approximate surface area is 183 Å². The highest BCUT2D eigenvalue weighted by Gasteiger charge is 2.40. The van der Waals surface area contributed by atoms with E-state index in [0.717, 1.165) is 10.4 Å². The molecule has 29 heavy (non-hydrogen) atoms. The summed E-state index contributed by atoms with van der Waals surface area (Å²) in [6, 6.07) is 9.82. The van der Waals surface area contributed by atoms with Gasteiger partial charge in [-0.15, -0.1) is 11.3 Å². The van der Waals surface area contributed by atoms with E-state index in [9.17, 15) is 8.42 Å². The minimum Gasteiger partial charge on any atom is -0.339 e. The molecule has 3 aromatic rings. The number of hydrogen-bond donors (Lipinski definition) is 1. The number of thiazole rings is 1. The van der Waals surface area contributed by atoms with Gasteiger partial charge >= 0.3 is 0 Å². The monoisotopic (exact) mass is 471 g/mol. The van der Waals surface area contributed by atoms with E-state index in [1.54, 1.807) is 11.6 Å². The van der Waals surface area contributed by atoms with Crippen LogP contribution in [0.5, 0.6) is 0 Å². The van der Waals surface area contributed by atoms with Gasteiger partial charge in [-0.1, -0.05) is 53.5 Å². The van der Waals surface area contributed by atoms with Crippen LogP contribution in [0.2, 0.25) is 9.62 Å². The van der Waals surface area contributed by atoms with Crippen LogP contribution in [0.4, 0.5) is 0 Å². The number of nitrogens with one attached hydrogen (secondary N) is 1. The fourth-order valence-electron chi connectivity index (χ4n) is 3.50. The summed E-state index contributed by atoms with van der Waals surface area (Å²) in [4.78, 5) is 8.89. The van der Waals surface area contributed by atoms with Gasteiger partial charge in [-0.3, -0.25) is 0 Å². The van der Waals surface area contributed by atoms with Crippen LogP contribution in [0.25, 0.3) is 0 Å². The van der Waals surface area contributed by atoms with Crippen molar-refractivity contribution in [1.82, 2.24) is 24.2 Å². The predicted molar refractivity (Wildman–Crippen MR) is 114 cm³/mol. The molecule has 0 saturated carbocycles. The zero-order valence-corrected chi connectivity index (χ0v) is 18.6. The molecular weight excluding hydrogens is 453 g/mol. The van der Waals surface area contributed by atoms with E-state index < -0.39 is 10.0 Å². The Hall–Kier alpha value is -1.49. The van der Waals surface area contributed by atoms with Crippen molar-refractivity contribution in [2.45, 2.75) is 23.5 Å². The maximum atomic E-state index is 13.1. The average Bonchev–Trinajstić information content (AvgIpc) is 3.39. The van der Waals surface area contributed by atoms with Gasteiger partial charge in [0.1, 0.15) is 5.15 Å². The Morgan fingerprint density at radius 1 is 1.24 bits per heavy atom. The molecule has 0 aliphatic carbocycles. The zero-order chi connectivity index (χ0) is 20.6. The maximum absolute atomic E-state index is 13.1. The number of halogens is 2. The Bertz CT molecular complexity index is 1100. The Morgan fingerprint density at radius 3 is 2.62 bits per heavy atom. The number of hydrogen-bond acceptors (Lipinski definition) is 6. The van der Waals surface area contributed by atoms with E-state index >= 15 is 0 Å². The van der Waals surface area contributed by atoms with Gasteiger partial charge in [0, 0.05) is 44.8 Å². The van der Waals surface area contributed by atoms with Gasteiger partial charge in [0.2, 0.25) is 0 Å². The van der Waals surface area contributed by atoms with Gasteiger partial charge in [-0.05, 0) is 5.56 Å². The molecule has 154 valence electrons. The van der Waals surface area contributed by atoms with Crippen molar-refractivity contribution in [2.24, 2.45) is 7.05 Å². The van der Waals surface area contributed by atoms with Crippen molar-refractivity contribution in [2.75, 3.05) is 13.1 Å². The third kappa shape index (κ3) is 4.35. The van der Waals surface area contributed by atoms with Gasteiger partial charge in [-0.2, -0.15) is 4.31 Å². The van der Waals surface area contributed by atoms with E-state index in [4.69, 9.17) is 23.2 Å². The van der Waals surface area contributed by atoms with Crippen LogP contribution >= 0.6 is 34.5 Å². The number of sulfonamides is 1. The molecule has 0 spiro atoms. The van der Waals surface area contributed by atoms with Gasteiger partial charge < -0.3 is 9.88 Å². The molecule has 1 N–H and O–H groups in total. The number of rotatable bonds is 6. The summed E-state index contributed by atoms with van der Waals surface area (Å²) in [5, 5.41) is 3.89. The minimum atomic E-state index is -3.67. The van der Waals surface area contributed by atoms with Gasteiger partial charge in [0.05, 0.1) is 11.2 Å². The standard InChI is InChI=1S/C18H19Cl2N5O2S2/c1-24-10-16(22-11-24)29(26,27)25-8-13(12-5-3-2-4-6-12)14(9-25)21-7-15-17(19)23-18(20)28-15/h2-6,10-11,13-14,21H,7-9H2,1H3. The number of imidazole rings is 1. The maximum Gasteiger partial charge on any atom is 0.262 e. The highest BCUT2D eigenvalue weighted by atomic mass is 35.5. The molecule has 2 unspecified atom stereocenters. The van der Waals surface area contributed by atoms with Crippen LogP contribution in [0.1, 0.15) is 16.4 Å². The topological polar surface area (TPSA) is 80.1 Å². The van der Waals surface area contributed by atoms with Crippen LogP contribution < -0.4 is 5.32 Å². The minimum absolute atomic E-state index is 0.00291. The van der Waals surface area contributed by atoms with Crippen LogP contribution in [0.3, 0.4) is 0 Å². The van der Waals surface area contributed by atoms with E-state index in [2.05, 4.69) is 15.3 Å². The lowest BCUT2D eigenvalue weighted by atomic mass is 9.94. The fourth-order valence-corrected chi connectivity index (χ4v) is 6.31. The second-order valence-electron chi connectivity index (χ2n) is 6.88. The van der Waals surface area contributed by atoms with Crippen molar-refractivity contribution in [3.63, 3.8) is 0 Å². The lowest BCUT2D eigenvalue weighted by Gasteiger charge is -2.19. The average molecular weight is 472 g/mol. The summed E-state index contributed by atoms with van der Waals surface area (Å²) in [5.74, 6) is -0.00291. The van der Waals surface area contributed by atoms with Gasteiger partial charge in [0.25, 0.3) is 10.0 Å². The lowest BCUT2D eigenvalue weighted by Crippen LogP contribution is -2.36. The lowest BCUT2D eigenvalue weighted by molar-refractivity contribution is 0.454.